The summed E-state index contributed by atoms with van der Waals surface area (Å²) >= 11 is 0. The molecular formula is C6H6Li2O4. The van der Waals surface area contributed by atoms with E-state index in [1.807, 2.05) is 0 Å². The molecule has 0 spiro atoms. The molecule has 4 nitrogen and oxygen atoms in total. The smallest absolute Gasteiger partial charge is 0.550 e. The van der Waals surface area contributed by atoms with Crippen molar-refractivity contribution in [1.29, 1.82) is 0 Å². The van der Waals surface area contributed by atoms with Crippen LogP contribution in [0.5, 0.6) is 0 Å². The standard InChI is InChI=1S/C6H8O4.2Li/c7-5(8)3-1-2-4-6(9)10;;/h1,3H,2,4H2,(H,7,8)(H,9,10);;/q;2*+1/p-2. The molecule has 0 aliphatic carbocycles. The van der Waals surface area contributed by atoms with Crippen LogP contribution >= 0.6 is 0 Å². The van der Waals surface area contributed by atoms with Gasteiger partial charge in [0, 0.05) is 5.97 Å². The van der Waals surface area contributed by atoms with Gasteiger partial charge in [0.1, 0.15) is 0 Å². The summed E-state index contributed by atoms with van der Waals surface area (Å²) in [7, 11) is 0. The van der Waals surface area contributed by atoms with Crippen molar-refractivity contribution < 1.29 is 57.5 Å². The van der Waals surface area contributed by atoms with E-state index in [1.165, 1.54) is 6.08 Å². The summed E-state index contributed by atoms with van der Waals surface area (Å²) in [6.45, 7) is 0. The minimum Gasteiger partial charge on any atom is -0.550 e. The summed E-state index contributed by atoms with van der Waals surface area (Å²) in [5.41, 5.74) is 0. The van der Waals surface area contributed by atoms with Gasteiger partial charge in [-0.3, -0.25) is 0 Å². The molecule has 0 aromatic carbocycles. The number of carboxylic acid groups (broad SMARTS) is 2. The van der Waals surface area contributed by atoms with Crippen LogP contribution in [0.25, 0.3) is 0 Å². The topological polar surface area (TPSA) is 80.3 Å². The van der Waals surface area contributed by atoms with E-state index in [0.717, 1.165) is 6.08 Å². The molecule has 0 N–H and O–H groups in total. The summed E-state index contributed by atoms with van der Waals surface area (Å²) in [6, 6.07) is 0. The largest absolute Gasteiger partial charge is 1.00 e. The molecule has 0 atom stereocenters. The van der Waals surface area contributed by atoms with Crippen LogP contribution in [0.4, 0.5) is 0 Å². The van der Waals surface area contributed by atoms with Crippen LogP contribution in [-0.4, -0.2) is 11.9 Å². The van der Waals surface area contributed by atoms with Crippen molar-refractivity contribution in [3.8, 4) is 0 Å². The van der Waals surface area contributed by atoms with Crippen molar-refractivity contribution in [3.05, 3.63) is 12.2 Å². The molecular weight excluding hydrogens is 150 g/mol. The number of carbonyl (C=O) groups excluding carboxylic acids is 2. The average Bonchev–Trinajstić information content (AvgIpc) is 1.79. The van der Waals surface area contributed by atoms with Crippen molar-refractivity contribution in [3.63, 3.8) is 0 Å². The van der Waals surface area contributed by atoms with E-state index in [-0.39, 0.29) is 50.6 Å². The second kappa shape index (κ2) is 10.9. The van der Waals surface area contributed by atoms with E-state index in [4.69, 9.17) is 0 Å². The van der Waals surface area contributed by atoms with Crippen molar-refractivity contribution in [2.24, 2.45) is 0 Å². The van der Waals surface area contributed by atoms with Crippen LogP contribution in [0.3, 0.4) is 0 Å². The number of allylic oxidation sites excluding steroid dienone is 1. The third-order valence-corrected chi connectivity index (χ3v) is 0.769. The van der Waals surface area contributed by atoms with E-state index in [1.54, 1.807) is 0 Å². The molecule has 12 heavy (non-hydrogen) atoms. The monoisotopic (exact) mass is 156 g/mol. The van der Waals surface area contributed by atoms with Gasteiger partial charge in [-0.2, -0.15) is 0 Å². The van der Waals surface area contributed by atoms with Crippen LogP contribution in [0.15, 0.2) is 12.2 Å². The first-order chi connectivity index (χ1) is 4.63. The van der Waals surface area contributed by atoms with Gasteiger partial charge in [-0.15, -0.1) is 0 Å². The third kappa shape index (κ3) is 16.5. The molecule has 6 heteroatoms. The molecule has 0 amide bonds. The molecule has 0 saturated carbocycles. The zero-order valence-electron chi connectivity index (χ0n) is 7.20. The maximum Gasteiger partial charge on any atom is 1.00 e. The molecule has 0 rings (SSSR count). The third-order valence-electron chi connectivity index (χ3n) is 0.769. The molecule has 0 heterocycles. The van der Waals surface area contributed by atoms with Gasteiger partial charge in [0.2, 0.25) is 0 Å². The Hall–Kier alpha value is -0.125. The van der Waals surface area contributed by atoms with Gasteiger partial charge < -0.3 is 19.8 Å². The predicted molar refractivity (Wildman–Crippen MR) is 28.4 cm³/mol. The molecule has 56 valence electrons. The van der Waals surface area contributed by atoms with Gasteiger partial charge in [0.25, 0.3) is 0 Å². The van der Waals surface area contributed by atoms with Gasteiger partial charge in [-0.25, -0.2) is 0 Å². The fraction of sp³-hybridized carbons (Fsp3) is 0.333. The van der Waals surface area contributed by atoms with Crippen molar-refractivity contribution in [2.45, 2.75) is 12.8 Å². The first-order valence-corrected chi connectivity index (χ1v) is 2.70. The molecule has 0 aromatic heterocycles. The molecule has 0 unspecified atom stereocenters. The first kappa shape index (κ1) is 17.8. The number of rotatable bonds is 4. The number of carbonyl (C=O) groups is 2. The van der Waals surface area contributed by atoms with Gasteiger partial charge in [0.15, 0.2) is 0 Å². The van der Waals surface area contributed by atoms with Gasteiger partial charge in [-0.1, -0.05) is 6.08 Å². The van der Waals surface area contributed by atoms with Crippen molar-refractivity contribution in [1.82, 2.24) is 0 Å². The Labute approximate surface area is 94.4 Å². The molecule has 0 aliphatic heterocycles. The van der Waals surface area contributed by atoms with Crippen LogP contribution in [0.1, 0.15) is 12.8 Å². The van der Waals surface area contributed by atoms with E-state index in [9.17, 15) is 19.8 Å². The van der Waals surface area contributed by atoms with Crippen molar-refractivity contribution in [2.75, 3.05) is 0 Å². The number of hydrogen-bond donors (Lipinski definition) is 0. The maximum atomic E-state index is 9.74. The van der Waals surface area contributed by atoms with Crippen molar-refractivity contribution >= 4 is 11.9 Å². The Balaban J connectivity index is -0.000000405. The molecule has 0 fully saturated rings. The van der Waals surface area contributed by atoms with E-state index in [2.05, 4.69) is 0 Å². The first-order valence-electron chi connectivity index (χ1n) is 2.70. The SMILES string of the molecule is O=C([O-])C=CCCC(=O)[O-].[Li+].[Li+]. The number of carboxylic acids is 2. The van der Waals surface area contributed by atoms with Gasteiger partial charge in [-0.05, 0) is 18.9 Å². The van der Waals surface area contributed by atoms with Crippen LogP contribution in [-0.2, 0) is 9.59 Å². The second-order valence-electron chi connectivity index (χ2n) is 1.63. The number of aliphatic carboxylic acids is 2. The molecule has 0 radical (unpaired) electrons. The second-order valence-corrected chi connectivity index (χ2v) is 1.63. The van der Waals surface area contributed by atoms with Crippen LogP contribution in [0.2, 0.25) is 0 Å². The molecule has 0 aromatic rings. The van der Waals surface area contributed by atoms with Gasteiger partial charge >= 0.3 is 37.7 Å². The number of hydrogen-bond acceptors (Lipinski definition) is 4. The summed E-state index contributed by atoms with van der Waals surface area (Å²) in [5, 5.41) is 19.4. The van der Waals surface area contributed by atoms with E-state index >= 15 is 0 Å². The maximum absolute atomic E-state index is 9.74. The fourth-order valence-electron chi connectivity index (χ4n) is 0.381. The predicted octanol–water partition coefficient (Wildman–Crippen LogP) is -8.17. The normalized spacial score (nSPS) is 8.33. The Morgan fingerprint density at radius 1 is 1.17 bits per heavy atom. The minimum absolute atomic E-state index is 0. The Morgan fingerprint density at radius 3 is 2.00 bits per heavy atom. The summed E-state index contributed by atoms with van der Waals surface area (Å²) < 4.78 is 0. The summed E-state index contributed by atoms with van der Waals surface area (Å²) in [4.78, 5) is 19.4. The van der Waals surface area contributed by atoms with E-state index in [0.29, 0.717) is 0 Å². The Morgan fingerprint density at radius 2 is 1.67 bits per heavy atom. The van der Waals surface area contributed by atoms with Crippen LogP contribution in [0, 0.1) is 0 Å². The zero-order chi connectivity index (χ0) is 7.98. The van der Waals surface area contributed by atoms with Gasteiger partial charge in [0.05, 0.1) is 5.97 Å². The molecule has 0 aliphatic rings. The molecule has 0 saturated heterocycles. The summed E-state index contributed by atoms with van der Waals surface area (Å²) in [6.07, 6.45) is 2.01. The fourth-order valence-corrected chi connectivity index (χ4v) is 0.381. The molecule has 0 bridgehead atoms. The quantitative estimate of drug-likeness (QED) is 0.299. The Bertz CT molecular complexity index is 167. The minimum atomic E-state index is -1.32. The Kier molecular flexibility index (Phi) is 16.2. The van der Waals surface area contributed by atoms with E-state index < -0.39 is 11.9 Å². The van der Waals surface area contributed by atoms with Crippen LogP contribution < -0.4 is 47.9 Å². The average molecular weight is 156 g/mol. The zero-order valence-corrected chi connectivity index (χ0v) is 7.20. The summed E-state index contributed by atoms with van der Waals surface area (Å²) in [5.74, 6) is -2.51.